The van der Waals surface area contributed by atoms with Gasteiger partial charge >= 0.3 is 10.0 Å². The first kappa shape index (κ1) is 6.02. The van der Waals surface area contributed by atoms with Crippen LogP contribution < -0.4 is 0 Å². The molecule has 0 aromatic heterocycles. The monoisotopic (exact) mass is 148 g/mol. The van der Waals surface area contributed by atoms with E-state index in [0.29, 0.717) is 6.61 Å². The molecule has 0 aromatic carbocycles. The number of rotatable bonds is 0. The van der Waals surface area contributed by atoms with Crippen LogP contribution in [0, 0.1) is 0 Å². The molecule has 8 heavy (non-hydrogen) atoms. The highest BCUT2D eigenvalue weighted by Crippen LogP contribution is 1.83. The molecule has 0 aromatic rings. The molecule has 0 amide bonds. The average molecular weight is 148 g/mol. The van der Waals surface area contributed by atoms with E-state index in [2.05, 4.69) is 0 Å². The molecule has 3 nitrogen and oxygen atoms in total. The Balaban J connectivity index is 2.17. The summed E-state index contributed by atoms with van der Waals surface area (Å²) in [7, 11) is -1.36. The highest BCUT2D eigenvalue weighted by atomic mass is 28.3. The predicted octanol–water partition coefficient (Wildman–Crippen LogP) is -1.44. The summed E-state index contributed by atoms with van der Waals surface area (Å²) in [5.41, 5.74) is 0. The van der Waals surface area contributed by atoms with Gasteiger partial charge in [0.2, 0.25) is 0 Å². The van der Waals surface area contributed by atoms with Crippen molar-refractivity contribution in [3.05, 3.63) is 12.3 Å². The molecule has 0 bridgehead atoms. The Labute approximate surface area is 52.8 Å². The zero-order valence-corrected chi connectivity index (χ0v) is 7.33. The van der Waals surface area contributed by atoms with Gasteiger partial charge in [0, 0.05) is 0 Å². The van der Waals surface area contributed by atoms with Crippen LogP contribution in [0.3, 0.4) is 0 Å². The summed E-state index contributed by atoms with van der Waals surface area (Å²) in [6.45, 7) is 0.653. The maximum Gasteiger partial charge on any atom is 0.356 e. The van der Waals surface area contributed by atoms with Gasteiger partial charge in [-0.3, -0.25) is 0 Å². The van der Waals surface area contributed by atoms with Crippen LogP contribution >= 0.6 is 0 Å². The minimum absolute atomic E-state index is 0.653. The van der Waals surface area contributed by atoms with Crippen LogP contribution in [0.2, 0.25) is 0 Å². The molecule has 0 unspecified atom stereocenters. The summed E-state index contributed by atoms with van der Waals surface area (Å²) < 4.78 is 15.1. The molecule has 0 atom stereocenters. The minimum atomic E-state index is -0.699. The van der Waals surface area contributed by atoms with Crippen molar-refractivity contribution < 1.29 is 13.0 Å². The lowest BCUT2D eigenvalue weighted by atomic mass is 10.7. The molecule has 0 saturated heterocycles. The number of hydrogen-bond acceptors (Lipinski definition) is 3. The summed E-state index contributed by atoms with van der Waals surface area (Å²) in [6.07, 6.45) is 3.52. The van der Waals surface area contributed by atoms with Gasteiger partial charge < -0.3 is 13.0 Å². The first-order valence-corrected chi connectivity index (χ1v) is 4.73. The maximum absolute atomic E-state index is 5.06. The van der Waals surface area contributed by atoms with Gasteiger partial charge in [0.05, 0.1) is 12.9 Å². The summed E-state index contributed by atoms with van der Waals surface area (Å²) in [5.74, 6) is 0. The topological polar surface area (TPSA) is 27.7 Å². The molecule has 1 heterocycles. The second-order valence-corrected chi connectivity index (χ2v) is 4.20. The molecule has 1 aliphatic rings. The summed E-state index contributed by atoms with van der Waals surface area (Å²) >= 11 is 0. The lowest BCUT2D eigenvalue weighted by molar-refractivity contribution is 0.293. The third kappa shape index (κ3) is 2.27. The molecule has 5 heteroatoms. The highest BCUT2D eigenvalue weighted by molar-refractivity contribution is 6.34. The number of hydrogen-bond donors (Lipinski definition) is 0. The third-order valence-corrected chi connectivity index (χ3v) is 2.79. The Morgan fingerprint density at radius 2 is 2.38 bits per heavy atom. The van der Waals surface area contributed by atoms with E-state index < -0.39 is 20.0 Å². The maximum atomic E-state index is 5.06. The molecule has 0 radical (unpaired) electrons. The van der Waals surface area contributed by atoms with Gasteiger partial charge in [0.1, 0.15) is 0 Å². The fraction of sp³-hybridized carbons (Fsp3) is 0.333. The Bertz CT molecular complexity index is 74.6. The first-order valence-electron chi connectivity index (χ1n) is 2.42. The quantitative estimate of drug-likeness (QED) is 0.394. The van der Waals surface area contributed by atoms with Gasteiger partial charge in [-0.25, -0.2) is 0 Å². The van der Waals surface area contributed by atoms with Crippen molar-refractivity contribution in [3.8, 4) is 0 Å². The van der Waals surface area contributed by atoms with Gasteiger partial charge in [-0.1, -0.05) is 0 Å². The molecular weight excluding hydrogens is 140 g/mol. The van der Waals surface area contributed by atoms with Crippen molar-refractivity contribution in [1.29, 1.82) is 0 Å². The van der Waals surface area contributed by atoms with Crippen LogP contribution in [0.25, 0.3) is 0 Å². The Kier molecular flexibility index (Phi) is 2.89. The average Bonchev–Trinajstić information content (AvgIpc) is 1.62. The van der Waals surface area contributed by atoms with E-state index in [1.54, 1.807) is 6.26 Å². The molecule has 1 rings (SSSR count). The van der Waals surface area contributed by atoms with Crippen LogP contribution in [0.4, 0.5) is 0 Å². The fourth-order valence-electron chi connectivity index (χ4n) is 0.404. The third-order valence-electron chi connectivity index (χ3n) is 0.725. The molecule has 0 N–H and O–H groups in total. The van der Waals surface area contributed by atoms with Crippen molar-refractivity contribution >= 4 is 20.0 Å². The van der Waals surface area contributed by atoms with Gasteiger partial charge in [0.25, 0.3) is 10.0 Å². The zero-order chi connectivity index (χ0) is 5.66. The molecular formula is C3H8O3Si2. The normalized spacial score (nSPS) is 27.0. The first-order chi connectivity index (χ1) is 4.00. The Morgan fingerprint density at radius 3 is 3.38 bits per heavy atom. The van der Waals surface area contributed by atoms with E-state index in [0.717, 1.165) is 0 Å². The van der Waals surface area contributed by atoms with Crippen molar-refractivity contribution in [3.63, 3.8) is 0 Å². The Morgan fingerprint density at radius 1 is 1.38 bits per heavy atom. The molecule has 0 saturated carbocycles. The molecule has 1 aliphatic heterocycles. The van der Waals surface area contributed by atoms with E-state index in [1.165, 1.54) is 0 Å². The second kappa shape index (κ2) is 3.84. The molecule has 0 aliphatic carbocycles. The lowest BCUT2D eigenvalue weighted by Crippen LogP contribution is -2.11. The summed E-state index contributed by atoms with van der Waals surface area (Å²) in [6, 6.07) is 0. The lowest BCUT2D eigenvalue weighted by Gasteiger charge is -2.05. The van der Waals surface area contributed by atoms with E-state index in [1.807, 2.05) is 6.08 Å². The largest absolute Gasteiger partial charge is 0.532 e. The van der Waals surface area contributed by atoms with Gasteiger partial charge in [-0.15, -0.1) is 0 Å². The van der Waals surface area contributed by atoms with Crippen LogP contribution in [-0.4, -0.2) is 26.6 Å². The highest BCUT2D eigenvalue weighted by Gasteiger charge is 1.90. The summed E-state index contributed by atoms with van der Waals surface area (Å²) in [4.78, 5) is 0. The summed E-state index contributed by atoms with van der Waals surface area (Å²) in [5, 5.41) is 0. The minimum Gasteiger partial charge on any atom is -0.532 e. The smallest absolute Gasteiger partial charge is 0.356 e. The molecule has 0 spiro atoms. The van der Waals surface area contributed by atoms with E-state index in [4.69, 9.17) is 13.0 Å². The standard InChI is InChI=1S/C3H8O3Si2/c1-2-4-7-6-8-5-3-1/h1-2H,3,7-8H2. The zero-order valence-electron chi connectivity index (χ0n) is 4.50. The van der Waals surface area contributed by atoms with E-state index >= 15 is 0 Å². The molecule has 0 fully saturated rings. The van der Waals surface area contributed by atoms with E-state index in [-0.39, 0.29) is 0 Å². The molecule has 46 valence electrons. The van der Waals surface area contributed by atoms with Crippen LogP contribution in [0.1, 0.15) is 0 Å². The SMILES string of the molecule is C1=CO[SiH2]O[SiH2]OC1. The van der Waals surface area contributed by atoms with Crippen LogP contribution in [0.15, 0.2) is 12.3 Å². The van der Waals surface area contributed by atoms with Gasteiger partial charge in [-0.05, 0) is 6.08 Å². The Hall–Kier alpha value is -0.106. The van der Waals surface area contributed by atoms with Crippen LogP contribution in [-0.2, 0) is 13.0 Å². The van der Waals surface area contributed by atoms with Crippen molar-refractivity contribution in [2.75, 3.05) is 6.61 Å². The van der Waals surface area contributed by atoms with E-state index in [9.17, 15) is 0 Å². The fourth-order valence-corrected chi connectivity index (χ4v) is 1.98. The van der Waals surface area contributed by atoms with Crippen molar-refractivity contribution in [2.45, 2.75) is 0 Å². The predicted molar refractivity (Wildman–Crippen MR) is 34.4 cm³/mol. The van der Waals surface area contributed by atoms with Crippen LogP contribution in [0.5, 0.6) is 0 Å². The van der Waals surface area contributed by atoms with Crippen molar-refractivity contribution in [1.82, 2.24) is 0 Å². The second-order valence-electron chi connectivity index (χ2n) is 1.35. The van der Waals surface area contributed by atoms with Gasteiger partial charge in [0.15, 0.2) is 0 Å². The van der Waals surface area contributed by atoms with Crippen molar-refractivity contribution in [2.24, 2.45) is 0 Å². The van der Waals surface area contributed by atoms with Gasteiger partial charge in [-0.2, -0.15) is 0 Å².